The van der Waals surface area contributed by atoms with Crippen LogP contribution in [-0.2, 0) is 27.8 Å². The molecule has 146 valence electrons. The number of nitrogens with one attached hydrogen (secondary N) is 2. The van der Waals surface area contributed by atoms with Gasteiger partial charge in [0.2, 0.25) is 15.9 Å². The number of hydrogen-bond acceptors (Lipinski definition) is 4. The van der Waals surface area contributed by atoms with E-state index in [9.17, 15) is 13.2 Å². The van der Waals surface area contributed by atoms with E-state index in [0.717, 1.165) is 9.13 Å². The largest absolute Gasteiger partial charge is 0.467 e. The normalized spacial score (nSPS) is 12.5. The van der Waals surface area contributed by atoms with Crippen molar-refractivity contribution in [1.82, 2.24) is 10.0 Å². The lowest BCUT2D eigenvalue weighted by molar-refractivity contribution is -0.122. The summed E-state index contributed by atoms with van der Waals surface area (Å²) in [6.45, 7) is 0.183. The summed E-state index contributed by atoms with van der Waals surface area (Å²) in [7, 11) is -3.85. The van der Waals surface area contributed by atoms with Gasteiger partial charge in [0.05, 0.1) is 17.7 Å². The van der Waals surface area contributed by atoms with Crippen LogP contribution in [0.15, 0.2) is 82.3 Å². The molecule has 0 fully saturated rings. The third-order valence-electron chi connectivity index (χ3n) is 4.04. The molecule has 1 heterocycles. The third-order valence-corrected chi connectivity index (χ3v) is 6.24. The molecule has 2 N–H and O–H groups in total. The summed E-state index contributed by atoms with van der Waals surface area (Å²) < 4.78 is 34.2. The molecule has 0 spiro atoms. The highest BCUT2D eigenvalue weighted by Crippen LogP contribution is 2.14. The lowest BCUT2D eigenvalue weighted by Gasteiger charge is -2.18. The van der Waals surface area contributed by atoms with E-state index in [2.05, 4.69) is 32.6 Å². The van der Waals surface area contributed by atoms with Gasteiger partial charge in [-0.1, -0.05) is 30.3 Å². The lowest BCUT2D eigenvalue weighted by Crippen LogP contribution is -2.47. The Bertz CT molecular complexity index is 1000. The smallest absolute Gasteiger partial charge is 0.241 e. The van der Waals surface area contributed by atoms with Crippen molar-refractivity contribution in [2.45, 2.75) is 23.9 Å². The number of halogens is 1. The zero-order chi connectivity index (χ0) is 20.0. The third kappa shape index (κ3) is 5.66. The number of furan rings is 1. The summed E-state index contributed by atoms with van der Waals surface area (Å²) in [5, 5.41) is 2.73. The fraction of sp³-hybridized carbons (Fsp3) is 0.150. The minimum absolute atomic E-state index is 0.116. The molecule has 1 aromatic heterocycles. The molecule has 1 amide bonds. The fourth-order valence-electron chi connectivity index (χ4n) is 2.62. The van der Waals surface area contributed by atoms with Crippen LogP contribution in [0.25, 0.3) is 0 Å². The van der Waals surface area contributed by atoms with Crippen molar-refractivity contribution in [2.24, 2.45) is 0 Å². The SMILES string of the molecule is O=C(NCc1ccco1)[C@H](Cc1ccccc1)NS(=O)(=O)c1ccc(I)cc1. The fourth-order valence-corrected chi connectivity index (χ4v) is 4.17. The molecule has 0 bridgehead atoms. The van der Waals surface area contributed by atoms with Gasteiger partial charge in [-0.15, -0.1) is 0 Å². The van der Waals surface area contributed by atoms with E-state index in [-0.39, 0.29) is 17.9 Å². The minimum atomic E-state index is -3.85. The van der Waals surface area contributed by atoms with Crippen LogP contribution in [0.4, 0.5) is 0 Å². The zero-order valence-corrected chi connectivity index (χ0v) is 17.8. The maximum atomic E-state index is 12.8. The van der Waals surface area contributed by atoms with E-state index in [1.165, 1.54) is 18.4 Å². The van der Waals surface area contributed by atoms with Gasteiger partial charge >= 0.3 is 0 Å². The molecule has 0 aliphatic rings. The van der Waals surface area contributed by atoms with Crippen LogP contribution >= 0.6 is 22.6 Å². The zero-order valence-electron chi connectivity index (χ0n) is 14.8. The maximum absolute atomic E-state index is 12.8. The van der Waals surface area contributed by atoms with Gasteiger partial charge in [0.25, 0.3) is 0 Å². The van der Waals surface area contributed by atoms with Gasteiger partial charge in [-0.25, -0.2) is 8.42 Å². The monoisotopic (exact) mass is 510 g/mol. The summed E-state index contributed by atoms with van der Waals surface area (Å²) in [6.07, 6.45) is 1.75. The Kier molecular flexibility index (Phi) is 6.87. The predicted octanol–water partition coefficient (Wildman–Crippen LogP) is 3.09. The van der Waals surface area contributed by atoms with Gasteiger partial charge in [0.1, 0.15) is 11.8 Å². The highest BCUT2D eigenvalue weighted by molar-refractivity contribution is 14.1. The minimum Gasteiger partial charge on any atom is -0.467 e. The topological polar surface area (TPSA) is 88.4 Å². The highest BCUT2D eigenvalue weighted by atomic mass is 127. The molecule has 0 radical (unpaired) electrons. The molecule has 28 heavy (non-hydrogen) atoms. The molecular weight excluding hydrogens is 491 g/mol. The Hall–Kier alpha value is -2.17. The number of amides is 1. The van der Waals surface area contributed by atoms with E-state index < -0.39 is 22.0 Å². The molecule has 0 saturated heterocycles. The Balaban J connectivity index is 1.78. The lowest BCUT2D eigenvalue weighted by atomic mass is 10.1. The molecule has 1 atom stereocenters. The van der Waals surface area contributed by atoms with E-state index in [0.29, 0.717) is 5.76 Å². The summed E-state index contributed by atoms with van der Waals surface area (Å²) in [4.78, 5) is 12.8. The molecule has 6 nitrogen and oxygen atoms in total. The molecule has 0 saturated carbocycles. The number of rotatable bonds is 8. The van der Waals surface area contributed by atoms with Crippen LogP contribution in [0.5, 0.6) is 0 Å². The van der Waals surface area contributed by atoms with Gasteiger partial charge in [-0.05, 0) is 71.0 Å². The first-order chi connectivity index (χ1) is 13.4. The second-order valence-electron chi connectivity index (χ2n) is 6.11. The summed E-state index contributed by atoms with van der Waals surface area (Å²) in [6, 6.07) is 18.2. The van der Waals surface area contributed by atoms with E-state index in [4.69, 9.17) is 4.42 Å². The van der Waals surface area contributed by atoms with Crippen LogP contribution in [0.2, 0.25) is 0 Å². The second kappa shape index (κ2) is 9.35. The van der Waals surface area contributed by atoms with Gasteiger partial charge < -0.3 is 9.73 Å². The van der Waals surface area contributed by atoms with Crippen molar-refractivity contribution in [3.8, 4) is 0 Å². The molecular formula is C20H19IN2O4S. The predicted molar refractivity (Wildman–Crippen MR) is 114 cm³/mol. The molecule has 0 aliphatic carbocycles. The van der Waals surface area contributed by atoms with E-state index >= 15 is 0 Å². The molecule has 0 unspecified atom stereocenters. The van der Waals surface area contributed by atoms with Crippen molar-refractivity contribution in [2.75, 3.05) is 0 Å². The van der Waals surface area contributed by atoms with Crippen molar-refractivity contribution in [1.29, 1.82) is 0 Å². The van der Waals surface area contributed by atoms with Crippen molar-refractivity contribution < 1.29 is 17.6 Å². The number of benzene rings is 2. The summed E-state index contributed by atoms with van der Waals surface area (Å²) >= 11 is 2.10. The Morgan fingerprint density at radius 1 is 1.00 bits per heavy atom. The van der Waals surface area contributed by atoms with E-state index in [1.807, 2.05) is 30.3 Å². The first-order valence-corrected chi connectivity index (χ1v) is 11.1. The standard InChI is InChI=1S/C20H19IN2O4S/c21-16-8-10-18(11-9-16)28(25,26)23-19(13-15-5-2-1-3-6-15)20(24)22-14-17-7-4-12-27-17/h1-12,19,23H,13-14H2,(H,22,24)/t19-/m0/s1. The number of carbonyl (C=O) groups is 1. The molecule has 0 aliphatic heterocycles. The van der Waals surface area contributed by atoms with Crippen molar-refractivity contribution >= 4 is 38.5 Å². The Morgan fingerprint density at radius 2 is 1.71 bits per heavy atom. The van der Waals surface area contributed by atoms with Gasteiger partial charge in [0, 0.05) is 3.57 Å². The molecule has 8 heteroatoms. The second-order valence-corrected chi connectivity index (χ2v) is 9.07. The van der Waals surface area contributed by atoms with Crippen LogP contribution in [0.3, 0.4) is 0 Å². The van der Waals surface area contributed by atoms with Gasteiger partial charge in [-0.2, -0.15) is 4.72 Å². The van der Waals surface area contributed by atoms with E-state index in [1.54, 1.807) is 24.3 Å². The Labute approximate surface area is 177 Å². The first kappa shape index (κ1) is 20.6. The van der Waals surface area contributed by atoms with Crippen LogP contribution in [0, 0.1) is 3.57 Å². The molecule has 2 aromatic carbocycles. The maximum Gasteiger partial charge on any atom is 0.241 e. The van der Waals surface area contributed by atoms with Crippen LogP contribution < -0.4 is 10.0 Å². The average molecular weight is 510 g/mol. The van der Waals surface area contributed by atoms with Crippen molar-refractivity contribution in [3.05, 3.63) is 87.9 Å². The number of sulfonamides is 1. The quantitative estimate of drug-likeness (QED) is 0.456. The highest BCUT2D eigenvalue weighted by Gasteiger charge is 2.26. The number of hydrogen-bond donors (Lipinski definition) is 2. The van der Waals surface area contributed by atoms with Crippen LogP contribution in [-0.4, -0.2) is 20.4 Å². The molecule has 3 rings (SSSR count). The van der Waals surface area contributed by atoms with Crippen LogP contribution in [0.1, 0.15) is 11.3 Å². The average Bonchev–Trinajstić information content (AvgIpc) is 3.20. The van der Waals surface area contributed by atoms with Gasteiger partial charge in [-0.3, -0.25) is 4.79 Å². The molecule has 3 aromatic rings. The first-order valence-electron chi connectivity index (χ1n) is 8.56. The Morgan fingerprint density at radius 3 is 2.36 bits per heavy atom. The summed E-state index contributed by atoms with van der Waals surface area (Å²) in [5.41, 5.74) is 0.853. The number of carbonyl (C=O) groups excluding carboxylic acids is 1. The summed E-state index contributed by atoms with van der Waals surface area (Å²) in [5.74, 6) is 0.168. The van der Waals surface area contributed by atoms with Crippen molar-refractivity contribution in [3.63, 3.8) is 0 Å². The van der Waals surface area contributed by atoms with Gasteiger partial charge in [0.15, 0.2) is 0 Å².